The second-order valence-electron chi connectivity index (χ2n) is 6.95. The van der Waals surface area contributed by atoms with Gasteiger partial charge >= 0.3 is 0 Å². The highest BCUT2D eigenvalue weighted by Gasteiger charge is 2.15. The third-order valence-electron chi connectivity index (χ3n) is 5.05. The molecular formula is C21H23N5O2S2. The lowest BCUT2D eigenvalue weighted by Gasteiger charge is -2.13. The number of aromatic nitrogens is 2. The van der Waals surface area contributed by atoms with Gasteiger partial charge in [-0.15, -0.1) is 11.8 Å². The van der Waals surface area contributed by atoms with Crippen molar-refractivity contribution < 1.29 is 8.42 Å². The van der Waals surface area contributed by atoms with Crippen LogP contribution in [0.5, 0.6) is 0 Å². The first-order valence-corrected chi connectivity index (χ1v) is 12.3. The van der Waals surface area contributed by atoms with E-state index in [1.165, 1.54) is 42.7 Å². The Morgan fingerprint density at radius 2 is 1.70 bits per heavy atom. The summed E-state index contributed by atoms with van der Waals surface area (Å²) in [7, 11) is -2.14. The largest absolute Gasteiger partial charge is 0.340 e. The molecule has 30 heavy (non-hydrogen) atoms. The Morgan fingerprint density at radius 1 is 0.933 bits per heavy atom. The Balaban J connectivity index is 1.58. The molecule has 0 radical (unpaired) electrons. The van der Waals surface area contributed by atoms with Crippen molar-refractivity contribution in [3.05, 3.63) is 59.9 Å². The van der Waals surface area contributed by atoms with Crippen LogP contribution < -0.4 is 15.4 Å². The summed E-state index contributed by atoms with van der Waals surface area (Å²) in [5, 5.41) is 6.55. The second kappa shape index (κ2) is 8.63. The zero-order chi connectivity index (χ0) is 21.1. The van der Waals surface area contributed by atoms with Gasteiger partial charge in [-0.25, -0.2) is 23.1 Å². The van der Waals surface area contributed by atoms with Gasteiger partial charge in [-0.05, 0) is 74.0 Å². The van der Waals surface area contributed by atoms with Gasteiger partial charge in [0.1, 0.15) is 18.0 Å². The molecule has 1 aliphatic carbocycles. The molecule has 2 aromatic carbocycles. The van der Waals surface area contributed by atoms with Crippen LogP contribution in [0.2, 0.25) is 0 Å². The predicted octanol–water partition coefficient (Wildman–Crippen LogP) is 4.08. The third-order valence-corrected chi connectivity index (χ3v) is 7.26. The maximum Gasteiger partial charge on any atom is 0.240 e. The van der Waals surface area contributed by atoms with Gasteiger partial charge in [-0.3, -0.25) is 0 Å². The monoisotopic (exact) mass is 441 g/mol. The number of thioether (sulfide) groups is 1. The number of hydrogen-bond acceptors (Lipinski definition) is 7. The van der Waals surface area contributed by atoms with Gasteiger partial charge in [0.15, 0.2) is 0 Å². The van der Waals surface area contributed by atoms with Crippen LogP contribution >= 0.6 is 11.8 Å². The minimum atomic E-state index is -3.54. The van der Waals surface area contributed by atoms with Crippen molar-refractivity contribution in [2.24, 2.45) is 0 Å². The van der Waals surface area contributed by atoms with Crippen LogP contribution in [0.25, 0.3) is 0 Å². The third kappa shape index (κ3) is 4.43. The lowest BCUT2D eigenvalue weighted by molar-refractivity contribution is 0.588. The normalized spacial score (nSPS) is 13.1. The van der Waals surface area contributed by atoms with E-state index in [0.717, 1.165) is 23.4 Å². The number of aryl methyl sites for hydroxylation is 2. The van der Waals surface area contributed by atoms with Crippen LogP contribution in [-0.2, 0) is 22.9 Å². The molecule has 0 aliphatic heterocycles. The van der Waals surface area contributed by atoms with Crippen LogP contribution in [-0.4, -0.2) is 31.7 Å². The average Bonchev–Trinajstić information content (AvgIpc) is 3.22. The molecule has 0 fully saturated rings. The molecule has 1 aliphatic rings. The smallest absolute Gasteiger partial charge is 0.240 e. The van der Waals surface area contributed by atoms with E-state index >= 15 is 0 Å². The van der Waals surface area contributed by atoms with Gasteiger partial charge in [0.25, 0.3) is 0 Å². The van der Waals surface area contributed by atoms with E-state index in [-0.39, 0.29) is 4.90 Å². The maximum absolute atomic E-state index is 12.2. The summed E-state index contributed by atoms with van der Waals surface area (Å²) >= 11 is 1.52. The topological polar surface area (TPSA) is 96.0 Å². The number of fused-ring (bicyclic) bond motifs is 1. The maximum atomic E-state index is 12.2. The van der Waals surface area contributed by atoms with Crippen molar-refractivity contribution in [3.8, 4) is 0 Å². The summed E-state index contributed by atoms with van der Waals surface area (Å²) in [5.74, 6) is 1.23. The average molecular weight is 442 g/mol. The van der Waals surface area contributed by atoms with Crippen LogP contribution in [0.3, 0.4) is 0 Å². The van der Waals surface area contributed by atoms with Gasteiger partial charge in [0.05, 0.1) is 10.6 Å². The molecule has 0 amide bonds. The number of benzene rings is 2. The van der Waals surface area contributed by atoms with Gasteiger partial charge in [0, 0.05) is 16.6 Å². The molecule has 4 rings (SSSR count). The van der Waals surface area contributed by atoms with E-state index in [0.29, 0.717) is 17.3 Å². The fourth-order valence-electron chi connectivity index (χ4n) is 3.50. The number of rotatable bonds is 7. The first kappa shape index (κ1) is 20.6. The number of nitrogens with zero attached hydrogens (tertiary/aromatic N) is 2. The first-order chi connectivity index (χ1) is 14.5. The fraction of sp³-hybridized carbons (Fsp3) is 0.238. The molecule has 1 heterocycles. The molecule has 7 nitrogen and oxygen atoms in total. The molecular weight excluding hydrogens is 418 g/mol. The highest BCUT2D eigenvalue weighted by molar-refractivity contribution is 7.98. The summed E-state index contributed by atoms with van der Waals surface area (Å²) < 4.78 is 26.7. The predicted molar refractivity (Wildman–Crippen MR) is 122 cm³/mol. The van der Waals surface area contributed by atoms with Crippen molar-refractivity contribution in [2.75, 3.05) is 23.9 Å². The highest BCUT2D eigenvalue weighted by atomic mass is 32.2. The van der Waals surface area contributed by atoms with Crippen molar-refractivity contribution in [2.45, 2.75) is 29.1 Å². The zero-order valence-corrected chi connectivity index (χ0v) is 18.4. The molecule has 0 saturated heterocycles. The van der Waals surface area contributed by atoms with E-state index in [9.17, 15) is 8.42 Å². The Hall–Kier alpha value is -2.62. The minimum Gasteiger partial charge on any atom is -0.340 e. The molecule has 1 aromatic heterocycles. The van der Waals surface area contributed by atoms with Crippen molar-refractivity contribution in [3.63, 3.8) is 0 Å². The first-order valence-electron chi connectivity index (χ1n) is 9.58. The Labute approximate surface area is 180 Å². The van der Waals surface area contributed by atoms with Crippen molar-refractivity contribution in [1.82, 2.24) is 14.7 Å². The summed E-state index contributed by atoms with van der Waals surface area (Å²) in [6.07, 6.45) is 6.89. The van der Waals surface area contributed by atoms with Crippen LogP contribution in [0.15, 0.2) is 58.6 Å². The Bertz CT molecular complexity index is 1180. The van der Waals surface area contributed by atoms with Crippen molar-refractivity contribution in [1.29, 1.82) is 0 Å². The summed E-state index contributed by atoms with van der Waals surface area (Å²) in [5.41, 5.74) is 4.47. The summed E-state index contributed by atoms with van der Waals surface area (Å²) in [6.45, 7) is 0. The number of anilines is 4. The van der Waals surface area contributed by atoms with Gasteiger partial charge in [-0.1, -0.05) is 6.07 Å². The van der Waals surface area contributed by atoms with Crippen LogP contribution in [0.1, 0.15) is 17.5 Å². The van der Waals surface area contributed by atoms with E-state index in [1.54, 1.807) is 24.3 Å². The molecule has 9 heteroatoms. The fourth-order valence-corrected chi connectivity index (χ4v) is 4.79. The van der Waals surface area contributed by atoms with Gasteiger partial charge < -0.3 is 10.6 Å². The second-order valence-corrected chi connectivity index (χ2v) is 9.68. The molecule has 156 valence electrons. The van der Waals surface area contributed by atoms with E-state index in [1.807, 2.05) is 6.26 Å². The number of nitrogens with one attached hydrogen (secondary N) is 3. The van der Waals surface area contributed by atoms with E-state index < -0.39 is 10.0 Å². The Morgan fingerprint density at radius 3 is 2.47 bits per heavy atom. The summed E-state index contributed by atoms with van der Waals surface area (Å²) in [6, 6.07) is 13.2. The van der Waals surface area contributed by atoms with Crippen LogP contribution in [0.4, 0.5) is 23.0 Å². The van der Waals surface area contributed by atoms with Gasteiger partial charge in [0.2, 0.25) is 10.0 Å². The minimum absolute atomic E-state index is 0.191. The quantitative estimate of drug-likeness (QED) is 0.475. The molecule has 0 bridgehead atoms. The lowest BCUT2D eigenvalue weighted by atomic mass is 10.1. The SMILES string of the molecule is CNS(=O)(=O)c1ccc(SC)c(Nc2cc(Nc3ccc4c(c3)CCC4)ncn2)c1. The zero-order valence-electron chi connectivity index (χ0n) is 16.8. The molecule has 3 aromatic rings. The number of hydrogen-bond donors (Lipinski definition) is 3. The lowest BCUT2D eigenvalue weighted by Crippen LogP contribution is -2.18. The molecule has 0 spiro atoms. The van der Waals surface area contributed by atoms with Gasteiger partial charge in [-0.2, -0.15) is 0 Å². The number of sulfonamides is 1. The van der Waals surface area contributed by atoms with Crippen LogP contribution in [0, 0.1) is 0 Å². The molecule has 0 unspecified atom stereocenters. The molecule has 0 saturated carbocycles. The molecule has 3 N–H and O–H groups in total. The standard InChI is InChI=1S/C21H23N5O2S2/c1-22-30(27,28)17-8-9-19(29-2)18(11-17)26-21-12-20(23-13-24-21)25-16-7-6-14-4-3-5-15(14)10-16/h6-13,22H,3-5H2,1-2H3,(H2,23,24,25,26). The summed E-state index contributed by atoms with van der Waals surface area (Å²) in [4.78, 5) is 9.70. The Kier molecular flexibility index (Phi) is 5.94. The molecule has 0 atom stereocenters. The van der Waals surface area contributed by atoms with E-state index in [4.69, 9.17) is 0 Å². The highest BCUT2D eigenvalue weighted by Crippen LogP contribution is 2.31. The van der Waals surface area contributed by atoms with Crippen molar-refractivity contribution >= 4 is 44.8 Å². The van der Waals surface area contributed by atoms with E-state index in [2.05, 4.69) is 43.5 Å².